The lowest BCUT2D eigenvalue weighted by molar-refractivity contribution is 0.794. The number of hydrogen-bond donors (Lipinski definition) is 0. The average molecular weight is 188 g/mol. The summed E-state index contributed by atoms with van der Waals surface area (Å²) in [6, 6.07) is 8.70. The topological polar surface area (TPSA) is 0 Å². The van der Waals surface area contributed by atoms with Crippen LogP contribution in [0.25, 0.3) is 6.08 Å². The van der Waals surface area contributed by atoms with Crippen LogP contribution < -0.4 is 0 Å². The molecule has 0 fully saturated rings. The molecule has 0 spiro atoms. The minimum Gasteiger partial charge on any atom is -0.0842 e. The third kappa shape index (κ3) is 3.37. The van der Waals surface area contributed by atoms with Gasteiger partial charge in [-0.1, -0.05) is 56.7 Å². The molecule has 0 aliphatic rings. The fraction of sp³-hybridized carbons (Fsp3) is 0.429. The lowest BCUT2D eigenvalue weighted by Crippen LogP contribution is -1.88. The Morgan fingerprint density at radius 2 is 1.93 bits per heavy atom. The van der Waals surface area contributed by atoms with Gasteiger partial charge in [-0.15, -0.1) is 0 Å². The van der Waals surface area contributed by atoms with Crippen molar-refractivity contribution in [2.45, 2.75) is 39.5 Å². The van der Waals surface area contributed by atoms with E-state index in [9.17, 15) is 0 Å². The number of rotatable bonds is 5. The molecule has 0 N–H and O–H groups in total. The van der Waals surface area contributed by atoms with E-state index in [1.807, 2.05) is 0 Å². The van der Waals surface area contributed by atoms with Crippen molar-refractivity contribution < 1.29 is 0 Å². The maximum Gasteiger partial charge on any atom is -0.0228 e. The predicted octanol–water partition coefficient (Wildman–Crippen LogP) is 4.45. The Kier molecular flexibility index (Phi) is 5.06. The molecule has 0 heteroatoms. The van der Waals surface area contributed by atoms with E-state index < -0.39 is 0 Å². The zero-order valence-electron chi connectivity index (χ0n) is 9.29. The maximum absolute atomic E-state index is 2.24. The summed E-state index contributed by atoms with van der Waals surface area (Å²) >= 11 is 0. The third-order valence-electron chi connectivity index (χ3n) is 2.39. The molecular weight excluding hydrogens is 168 g/mol. The van der Waals surface area contributed by atoms with Crippen LogP contribution in [0.15, 0.2) is 30.3 Å². The normalized spacial score (nSPS) is 11.0. The van der Waals surface area contributed by atoms with E-state index in [1.165, 1.54) is 30.4 Å². The number of benzene rings is 1. The molecular formula is C14H20. The lowest BCUT2D eigenvalue weighted by Gasteiger charge is -2.04. The molecule has 0 atom stereocenters. The first kappa shape index (κ1) is 11.0. The highest BCUT2D eigenvalue weighted by Gasteiger charge is 1.96. The van der Waals surface area contributed by atoms with E-state index in [1.54, 1.807) is 0 Å². The summed E-state index contributed by atoms with van der Waals surface area (Å²) in [5.41, 5.74) is 2.88. The second-order valence-corrected chi connectivity index (χ2v) is 3.61. The van der Waals surface area contributed by atoms with Gasteiger partial charge in [-0.3, -0.25) is 0 Å². The standard InChI is InChI=1S/C14H20/c1-3-5-9-13-11-7-8-12-14(13)10-6-4-2/h5,7-9,11-12H,3-4,6,10H2,1-2H3/b9-5+. The number of unbranched alkanes of at least 4 members (excludes halogenated alkanes) is 1. The van der Waals surface area contributed by atoms with E-state index >= 15 is 0 Å². The van der Waals surface area contributed by atoms with Gasteiger partial charge in [-0.25, -0.2) is 0 Å². The second kappa shape index (κ2) is 6.42. The van der Waals surface area contributed by atoms with Crippen molar-refractivity contribution in [3.63, 3.8) is 0 Å². The van der Waals surface area contributed by atoms with Crippen LogP contribution in [0.1, 0.15) is 44.2 Å². The summed E-state index contributed by atoms with van der Waals surface area (Å²) in [6.07, 6.45) is 9.35. The molecule has 1 aromatic carbocycles. The summed E-state index contributed by atoms with van der Waals surface area (Å²) < 4.78 is 0. The Balaban J connectivity index is 2.74. The first-order valence-corrected chi connectivity index (χ1v) is 5.63. The molecule has 0 nitrogen and oxygen atoms in total. The molecule has 0 unspecified atom stereocenters. The zero-order chi connectivity index (χ0) is 10.2. The summed E-state index contributed by atoms with van der Waals surface area (Å²) in [4.78, 5) is 0. The summed E-state index contributed by atoms with van der Waals surface area (Å²) in [5.74, 6) is 0. The van der Waals surface area contributed by atoms with E-state index in [2.05, 4.69) is 50.3 Å². The van der Waals surface area contributed by atoms with Crippen molar-refractivity contribution in [1.82, 2.24) is 0 Å². The van der Waals surface area contributed by atoms with Crippen LogP contribution in [0, 0.1) is 0 Å². The van der Waals surface area contributed by atoms with Crippen molar-refractivity contribution in [3.8, 4) is 0 Å². The number of aryl methyl sites for hydroxylation is 1. The molecule has 0 aromatic heterocycles. The molecule has 0 radical (unpaired) electrons. The monoisotopic (exact) mass is 188 g/mol. The molecule has 0 heterocycles. The van der Waals surface area contributed by atoms with E-state index in [4.69, 9.17) is 0 Å². The molecule has 0 bridgehead atoms. The van der Waals surface area contributed by atoms with Crippen LogP contribution in [-0.2, 0) is 6.42 Å². The minimum absolute atomic E-state index is 1.11. The fourth-order valence-corrected chi connectivity index (χ4v) is 1.54. The predicted molar refractivity (Wildman–Crippen MR) is 64.4 cm³/mol. The maximum atomic E-state index is 2.24. The summed E-state index contributed by atoms with van der Waals surface area (Å²) in [5, 5.41) is 0. The van der Waals surface area contributed by atoms with Crippen molar-refractivity contribution >= 4 is 6.08 Å². The quantitative estimate of drug-likeness (QED) is 0.640. The van der Waals surface area contributed by atoms with Crippen molar-refractivity contribution in [2.24, 2.45) is 0 Å². The summed E-state index contributed by atoms with van der Waals surface area (Å²) in [6.45, 7) is 4.41. The van der Waals surface area contributed by atoms with Crippen LogP contribution in [0.2, 0.25) is 0 Å². The van der Waals surface area contributed by atoms with Gasteiger partial charge in [0, 0.05) is 0 Å². The van der Waals surface area contributed by atoms with Gasteiger partial charge in [0.15, 0.2) is 0 Å². The van der Waals surface area contributed by atoms with Gasteiger partial charge in [0.25, 0.3) is 0 Å². The molecule has 1 aromatic rings. The third-order valence-corrected chi connectivity index (χ3v) is 2.39. The lowest BCUT2D eigenvalue weighted by atomic mass is 10.0. The van der Waals surface area contributed by atoms with Gasteiger partial charge in [0.2, 0.25) is 0 Å². The number of hydrogen-bond acceptors (Lipinski definition) is 0. The Labute approximate surface area is 87.7 Å². The van der Waals surface area contributed by atoms with Crippen LogP contribution in [0.3, 0.4) is 0 Å². The van der Waals surface area contributed by atoms with E-state index in [0.29, 0.717) is 0 Å². The highest BCUT2D eigenvalue weighted by molar-refractivity contribution is 5.53. The molecule has 1 rings (SSSR count). The zero-order valence-corrected chi connectivity index (χ0v) is 9.29. The van der Waals surface area contributed by atoms with Gasteiger partial charge in [0.05, 0.1) is 0 Å². The summed E-state index contributed by atoms with van der Waals surface area (Å²) in [7, 11) is 0. The first-order valence-electron chi connectivity index (χ1n) is 5.63. The highest BCUT2D eigenvalue weighted by Crippen LogP contribution is 2.13. The molecule has 0 saturated carbocycles. The number of allylic oxidation sites excluding steroid dienone is 1. The average Bonchev–Trinajstić information content (AvgIpc) is 2.24. The largest absolute Gasteiger partial charge is 0.0842 e. The molecule has 0 aliphatic carbocycles. The smallest absolute Gasteiger partial charge is 0.0228 e. The van der Waals surface area contributed by atoms with Crippen LogP contribution in [0.5, 0.6) is 0 Å². The van der Waals surface area contributed by atoms with Crippen molar-refractivity contribution in [2.75, 3.05) is 0 Å². The molecule has 14 heavy (non-hydrogen) atoms. The second-order valence-electron chi connectivity index (χ2n) is 3.61. The van der Waals surface area contributed by atoms with Gasteiger partial charge < -0.3 is 0 Å². The SMILES string of the molecule is CC/C=C/c1ccccc1CCCC. The molecule has 0 amide bonds. The first-order chi connectivity index (χ1) is 6.88. The van der Waals surface area contributed by atoms with Crippen molar-refractivity contribution in [1.29, 1.82) is 0 Å². The van der Waals surface area contributed by atoms with E-state index in [0.717, 1.165) is 6.42 Å². The Hall–Kier alpha value is -1.04. The van der Waals surface area contributed by atoms with Gasteiger partial charge in [-0.2, -0.15) is 0 Å². The molecule has 76 valence electrons. The highest BCUT2D eigenvalue weighted by atomic mass is 14.0. The fourth-order valence-electron chi connectivity index (χ4n) is 1.54. The van der Waals surface area contributed by atoms with Crippen LogP contribution in [0.4, 0.5) is 0 Å². The van der Waals surface area contributed by atoms with Crippen molar-refractivity contribution in [3.05, 3.63) is 41.5 Å². The van der Waals surface area contributed by atoms with E-state index in [-0.39, 0.29) is 0 Å². The van der Waals surface area contributed by atoms with Crippen LogP contribution >= 0.6 is 0 Å². The Morgan fingerprint density at radius 3 is 2.64 bits per heavy atom. The Bertz CT molecular complexity index is 284. The Morgan fingerprint density at radius 1 is 1.14 bits per heavy atom. The van der Waals surface area contributed by atoms with Gasteiger partial charge in [-0.05, 0) is 30.4 Å². The van der Waals surface area contributed by atoms with Crippen LogP contribution in [-0.4, -0.2) is 0 Å². The minimum atomic E-state index is 1.11. The molecule has 0 aliphatic heterocycles. The van der Waals surface area contributed by atoms with Gasteiger partial charge in [0.1, 0.15) is 0 Å². The molecule has 0 saturated heterocycles. The van der Waals surface area contributed by atoms with Gasteiger partial charge >= 0.3 is 0 Å².